The zero-order valence-corrected chi connectivity index (χ0v) is 12.6. The van der Waals surface area contributed by atoms with Crippen molar-refractivity contribution in [2.45, 2.75) is 32.4 Å². The molecule has 6 heteroatoms. The molecular formula is C14H21ClFN3O. The van der Waals surface area contributed by atoms with E-state index in [1.165, 1.54) is 6.07 Å². The minimum atomic E-state index is -0.483. The van der Waals surface area contributed by atoms with E-state index in [9.17, 15) is 9.18 Å². The van der Waals surface area contributed by atoms with Gasteiger partial charge in [-0.2, -0.15) is 0 Å². The van der Waals surface area contributed by atoms with E-state index in [1.54, 1.807) is 24.1 Å². The van der Waals surface area contributed by atoms with Crippen molar-refractivity contribution in [2.75, 3.05) is 13.6 Å². The van der Waals surface area contributed by atoms with Crippen LogP contribution in [0.2, 0.25) is 5.02 Å². The summed E-state index contributed by atoms with van der Waals surface area (Å²) in [7, 11) is 1.73. The summed E-state index contributed by atoms with van der Waals surface area (Å²) in [5.41, 5.74) is 6.01. The van der Waals surface area contributed by atoms with Gasteiger partial charge in [-0.1, -0.05) is 23.7 Å². The third kappa shape index (κ3) is 4.65. The highest BCUT2D eigenvalue weighted by Gasteiger charge is 2.15. The number of carbonyl (C=O) groups is 1. The molecule has 0 fully saturated rings. The number of nitrogens with one attached hydrogen (secondary N) is 1. The topological polar surface area (TPSA) is 58.4 Å². The van der Waals surface area contributed by atoms with E-state index >= 15 is 0 Å². The summed E-state index contributed by atoms with van der Waals surface area (Å²) in [4.78, 5) is 13.6. The average molecular weight is 302 g/mol. The van der Waals surface area contributed by atoms with Gasteiger partial charge < -0.3 is 16.0 Å². The Bertz CT molecular complexity index is 456. The minimum Gasteiger partial charge on any atom is -0.334 e. The second-order valence-electron chi connectivity index (χ2n) is 4.76. The summed E-state index contributed by atoms with van der Waals surface area (Å²) in [6.45, 7) is 2.77. The SMILES string of the molecule is C[C@@H](CCCN)N(C)C(=O)NCc1cccc(F)c1Cl. The monoisotopic (exact) mass is 301 g/mol. The van der Waals surface area contributed by atoms with Gasteiger partial charge in [-0.15, -0.1) is 0 Å². The van der Waals surface area contributed by atoms with Gasteiger partial charge in [0.05, 0.1) is 5.02 Å². The Morgan fingerprint density at radius 2 is 2.25 bits per heavy atom. The largest absolute Gasteiger partial charge is 0.334 e. The number of urea groups is 1. The Labute approximate surface area is 124 Å². The molecular weight excluding hydrogens is 281 g/mol. The summed E-state index contributed by atoms with van der Waals surface area (Å²) in [5.74, 6) is -0.483. The summed E-state index contributed by atoms with van der Waals surface area (Å²) in [5, 5.41) is 2.78. The van der Waals surface area contributed by atoms with Crippen molar-refractivity contribution in [3.8, 4) is 0 Å². The lowest BCUT2D eigenvalue weighted by atomic mass is 10.1. The van der Waals surface area contributed by atoms with Gasteiger partial charge in [-0.3, -0.25) is 0 Å². The third-order valence-corrected chi connectivity index (χ3v) is 3.69. The quantitative estimate of drug-likeness (QED) is 0.849. The number of halogens is 2. The summed E-state index contributed by atoms with van der Waals surface area (Å²) < 4.78 is 13.3. The summed E-state index contributed by atoms with van der Waals surface area (Å²) in [6, 6.07) is 4.42. The first-order valence-corrected chi connectivity index (χ1v) is 6.98. The minimum absolute atomic E-state index is 0.0478. The van der Waals surface area contributed by atoms with Crippen LogP contribution in [0.1, 0.15) is 25.3 Å². The molecule has 0 spiro atoms. The molecule has 0 bridgehead atoms. The molecule has 0 unspecified atom stereocenters. The molecule has 0 heterocycles. The number of nitrogens with two attached hydrogens (primary N) is 1. The molecule has 0 aromatic heterocycles. The molecule has 0 aliphatic carbocycles. The summed E-state index contributed by atoms with van der Waals surface area (Å²) in [6.07, 6.45) is 1.72. The molecule has 0 saturated heterocycles. The fraction of sp³-hybridized carbons (Fsp3) is 0.500. The first-order chi connectivity index (χ1) is 9.47. The van der Waals surface area contributed by atoms with Gasteiger partial charge >= 0.3 is 6.03 Å². The van der Waals surface area contributed by atoms with Crippen LogP contribution in [0.25, 0.3) is 0 Å². The zero-order chi connectivity index (χ0) is 15.1. The Kier molecular flexibility index (Phi) is 6.75. The molecule has 20 heavy (non-hydrogen) atoms. The third-order valence-electron chi connectivity index (χ3n) is 3.27. The Morgan fingerprint density at radius 3 is 2.90 bits per heavy atom. The number of nitrogens with zero attached hydrogens (tertiary/aromatic N) is 1. The van der Waals surface area contributed by atoms with Crippen LogP contribution in [0.4, 0.5) is 9.18 Å². The molecule has 1 aromatic carbocycles. The van der Waals surface area contributed by atoms with Crippen LogP contribution in [0, 0.1) is 5.82 Å². The number of benzene rings is 1. The van der Waals surface area contributed by atoms with Crippen molar-refractivity contribution >= 4 is 17.6 Å². The van der Waals surface area contributed by atoms with E-state index in [0.717, 1.165) is 12.8 Å². The van der Waals surface area contributed by atoms with Crippen molar-refractivity contribution in [3.05, 3.63) is 34.6 Å². The number of carbonyl (C=O) groups excluding carboxylic acids is 1. The van der Waals surface area contributed by atoms with Gasteiger partial charge in [-0.05, 0) is 37.9 Å². The van der Waals surface area contributed by atoms with Crippen LogP contribution in [-0.2, 0) is 6.54 Å². The molecule has 1 atom stereocenters. The Balaban J connectivity index is 2.52. The van der Waals surface area contributed by atoms with Gasteiger partial charge in [0.1, 0.15) is 5.82 Å². The van der Waals surface area contributed by atoms with E-state index in [1.807, 2.05) is 6.92 Å². The van der Waals surface area contributed by atoms with Crippen LogP contribution >= 0.6 is 11.6 Å². The van der Waals surface area contributed by atoms with E-state index in [2.05, 4.69) is 5.32 Å². The number of amides is 2. The fourth-order valence-electron chi connectivity index (χ4n) is 1.79. The molecule has 4 nitrogen and oxygen atoms in total. The lowest BCUT2D eigenvalue weighted by Crippen LogP contribution is -2.42. The Morgan fingerprint density at radius 1 is 1.55 bits per heavy atom. The van der Waals surface area contributed by atoms with Crippen molar-refractivity contribution in [1.29, 1.82) is 0 Å². The average Bonchev–Trinajstić information content (AvgIpc) is 2.45. The van der Waals surface area contributed by atoms with E-state index in [-0.39, 0.29) is 23.6 Å². The molecule has 3 N–H and O–H groups in total. The highest BCUT2D eigenvalue weighted by atomic mass is 35.5. The lowest BCUT2D eigenvalue weighted by Gasteiger charge is -2.25. The second kappa shape index (κ2) is 8.07. The van der Waals surface area contributed by atoms with Gasteiger partial charge in [0.15, 0.2) is 0 Å². The van der Waals surface area contributed by atoms with Crippen LogP contribution in [-0.4, -0.2) is 30.6 Å². The molecule has 1 aromatic rings. The maximum absolute atomic E-state index is 13.3. The molecule has 0 saturated carbocycles. The van der Waals surface area contributed by atoms with Crippen molar-refractivity contribution in [2.24, 2.45) is 5.73 Å². The van der Waals surface area contributed by atoms with Crippen LogP contribution < -0.4 is 11.1 Å². The van der Waals surface area contributed by atoms with Crippen molar-refractivity contribution < 1.29 is 9.18 Å². The fourth-order valence-corrected chi connectivity index (χ4v) is 1.98. The molecule has 112 valence electrons. The predicted octanol–water partition coefficient (Wildman–Crippen LogP) is 2.75. The highest BCUT2D eigenvalue weighted by molar-refractivity contribution is 6.31. The van der Waals surface area contributed by atoms with Crippen LogP contribution in [0.3, 0.4) is 0 Å². The number of hydrogen-bond donors (Lipinski definition) is 2. The van der Waals surface area contributed by atoms with Gasteiger partial charge in [0.25, 0.3) is 0 Å². The van der Waals surface area contributed by atoms with Crippen molar-refractivity contribution in [1.82, 2.24) is 10.2 Å². The molecule has 2 amide bonds. The Hall–Kier alpha value is -1.33. The van der Waals surface area contributed by atoms with Crippen molar-refractivity contribution in [3.63, 3.8) is 0 Å². The molecule has 0 aliphatic rings. The van der Waals surface area contributed by atoms with Crippen LogP contribution in [0.5, 0.6) is 0 Å². The lowest BCUT2D eigenvalue weighted by molar-refractivity contribution is 0.190. The molecule has 0 aliphatic heterocycles. The standard InChI is InChI=1S/C14H21ClFN3O/c1-10(5-4-8-17)19(2)14(20)18-9-11-6-3-7-12(16)13(11)15/h3,6-7,10H,4-5,8-9,17H2,1-2H3,(H,18,20)/t10-/m0/s1. The normalized spacial score (nSPS) is 12.1. The van der Waals surface area contributed by atoms with Crippen LogP contribution in [0.15, 0.2) is 18.2 Å². The van der Waals surface area contributed by atoms with Gasteiger partial charge in [0.2, 0.25) is 0 Å². The zero-order valence-electron chi connectivity index (χ0n) is 11.8. The first kappa shape index (κ1) is 16.7. The molecule has 1 rings (SSSR count). The first-order valence-electron chi connectivity index (χ1n) is 6.61. The molecule has 0 radical (unpaired) electrons. The highest BCUT2D eigenvalue weighted by Crippen LogP contribution is 2.19. The maximum Gasteiger partial charge on any atom is 0.317 e. The van der Waals surface area contributed by atoms with E-state index in [0.29, 0.717) is 12.1 Å². The van der Waals surface area contributed by atoms with E-state index in [4.69, 9.17) is 17.3 Å². The summed E-state index contributed by atoms with van der Waals surface area (Å²) >= 11 is 5.83. The second-order valence-corrected chi connectivity index (χ2v) is 5.14. The predicted molar refractivity (Wildman–Crippen MR) is 79.2 cm³/mol. The number of rotatable bonds is 6. The number of hydrogen-bond acceptors (Lipinski definition) is 2. The maximum atomic E-state index is 13.3. The van der Waals surface area contributed by atoms with E-state index < -0.39 is 5.82 Å². The smallest absolute Gasteiger partial charge is 0.317 e. The van der Waals surface area contributed by atoms with Gasteiger partial charge in [-0.25, -0.2) is 9.18 Å². The van der Waals surface area contributed by atoms with Gasteiger partial charge in [0, 0.05) is 19.6 Å².